The molecule has 0 N–H and O–H groups in total. The molecule has 1 aromatic carbocycles. The lowest BCUT2D eigenvalue weighted by Gasteiger charge is -2.04. The normalized spacial score (nSPS) is 10.5. The van der Waals surface area contributed by atoms with Gasteiger partial charge >= 0.3 is 0 Å². The number of rotatable bonds is 2. The number of aromatic nitrogens is 2. The van der Waals surface area contributed by atoms with Crippen LogP contribution >= 0.6 is 11.6 Å². The number of carbonyl (C=O) groups excluding carboxylic acids is 1. The molecule has 19 heavy (non-hydrogen) atoms. The van der Waals surface area contributed by atoms with Crippen LogP contribution in [0.1, 0.15) is 21.7 Å². The Labute approximate surface area is 113 Å². The van der Waals surface area contributed by atoms with Gasteiger partial charge in [-0.15, -0.1) is 0 Å². The van der Waals surface area contributed by atoms with Crippen LogP contribution in [0.3, 0.4) is 0 Å². The van der Waals surface area contributed by atoms with Crippen LogP contribution in [0.2, 0.25) is 5.02 Å². The van der Waals surface area contributed by atoms with Crippen molar-refractivity contribution in [2.75, 3.05) is 0 Å². The highest BCUT2D eigenvalue weighted by molar-refractivity contribution is 6.31. The zero-order valence-electron chi connectivity index (χ0n) is 10.3. The number of hydrogen-bond acceptors (Lipinski definition) is 4. The van der Waals surface area contributed by atoms with Gasteiger partial charge in [0.25, 0.3) is 11.6 Å². The zero-order chi connectivity index (χ0) is 14.2. The largest absolute Gasteiger partial charge is 0.285 e. The molecule has 6 nitrogen and oxygen atoms in total. The predicted molar refractivity (Wildman–Crippen MR) is 69.5 cm³/mol. The summed E-state index contributed by atoms with van der Waals surface area (Å²) in [6, 6.07) is 5.58. The molecule has 2 aromatic rings. The molecule has 0 amide bonds. The smallest absolute Gasteiger partial charge is 0.266 e. The highest BCUT2D eigenvalue weighted by Gasteiger charge is 2.23. The Morgan fingerprint density at radius 2 is 2.05 bits per heavy atom. The molecule has 0 unspecified atom stereocenters. The van der Waals surface area contributed by atoms with E-state index in [1.165, 1.54) is 18.2 Å². The van der Waals surface area contributed by atoms with Crippen molar-refractivity contribution in [2.24, 2.45) is 0 Å². The van der Waals surface area contributed by atoms with Gasteiger partial charge in [-0.1, -0.05) is 11.6 Å². The van der Waals surface area contributed by atoms with Gasteiger partial charge in [-0.2, -0.15) is 5.10 Å². The summed E-state index contributed by atoms with van der Waals surface area (Å²) in [5.41, 5.74) is 0.901. The van der Waals surface area contributed by atoms with Crippen LogP contribution in [-0.2, 0) is 0 Å². The van der Waals surface area contributed by atoms with Crippen molar-refractivity contribution in [3.8, 4) is 0 Å². The first-order valence-corrected chi connectivity index (χ1v) is 5.80. The summed E-state index contributed by atoms with van der Waals surface area (Å²) in [6.07, 6.45) is 0. The number of hydrogen-bond donors (Lipinski definition) is 0. The maximum atomic E-state index is 12.3. The molecule has 0 fully saturated rings. The van der Waals surface area contributed by atoms with Crippen LogP contribution in [0.4, 0.5) is 5.69 Å². The summed E-state index contributed by atoms with van der Waals surface area (Å²) < 4.78 is 1.13. The molecule has 2 rings (SSSR count). The van der Waals surface area contributed by atoms with Gasteiger partial charge in [0.1, 0.15) is 5.56 Å². The van der Waals surface area contributed by atoms with E-state index >= 15 is 0 Å². The highest BCUT2D eigenvalue weighted by atomic mass is 35.5. The number of nitrogens with zero attached hydrogens (tertiary/aromatic N) is 3. The van der Waals surface area contributed by atoms with E-state index in [1.54, 1.807) is 19.9 Å². The second kappa shape index (κ2) is 4.81. The summed E-state index contributed by atoms with van der Waals surface area (Å²) >= 11 is 5.79. The maximum absolute atomic E-state index is 12.3. The number of halogens is 1. The number of nitro benzene ring substituents is 1. The molecule has 0 atom stereocenters. The topological polar surface area (TPSA) is 78.0 Å². The summed E-state index contributed by atoms with van der Waals surface area (Å²) in [5.74, 6) is -0.570. The van der Waals surface area contributed by atoms with Crippen LogP contribution in [0.25, 0.3) is 0 Å². The molecular weight excluding hydrogens is 270 g/mol. The van der Waals surface area contributed by atoms with E-state index in [4.69, 9.17) is 11.6 Å². The van der Waals surface area contributed by atoms with E-state index in [9.17, 15) is 14.9 Å². The molecule has 1 aromatic heterocycles. The average Bonchev–Trinajstić information content (AvgIpc) is 2.67. The summed E-state index contributed by atoms with van der Waals surface area (Å²) in [5, 5.41) is 15.2. The maximum Gasteiger partial charge on any atom is 0.285 e. The third kappa shape index (κ3) is 2.48. The molecule has 1 heterocycles. The predicted octanol–water partition coefficient (Wildman–Crippen LogP) is 2.75. The van der Waals surface area contributed by atoms with Gasteiger partial charge in [0, 0.05) is 16.8 Å². The van der Waals surface area contributed by atoms with Gasteiger partial charge in [-0.3, -0.25) is 14.9 Å². The van der Waals surface area contributed by atoms with E-state index < -0.39 is 10.8 Å². The zero-order valence-corrected chi connectivity index (χ0v) is 11.0. The van der Waals surface area contributed by atoms with Crippen LogP contribution < -0.4 is 0 Å². The quantitative estimate of drug-likeness (QED) is 0.625. The lowest BCUT2D eigenvalue weighted by molar-refractivity contribution is -0.385. The first-order valence-electron chi connectivity index (χ1n) is 5.42. The van der Waals surface area contributed by atoms with Crippen molar-refractivity contribution in [3.05, 3.63) is 56.4 Å². The number of carbonyl (C=O) groups is 1. The molecule has 0 radical (unpaired) electrons. The van der Waals surface area contributed by atoms with Crippen LogP contribution in [0, 0.1) is 24.0 Å². The molecule has 0 saturated carbocycles. The third-order valence-electron chi connectivity index (χ3n) is 2.59. The van der Waals surface area contributed by atoms with Gasteiger partial charge in [0.05, 0.1) is 10.6 Å². The Morgan fingerprint density at radius 1 is 1.37 bits per heavy atom. The Morgan fingerprint density at radius 3 is 2.58 bits per heavy atom. The monoisotopic (exact) mass is 279 g/mol. The van der Waals surface area contributed by atoms with Crippen molar-refractivity contribution in [1.82, 2.24) is 9.78 Å². The van der Waals surface area contributed by atoms with E-state index in [1.807, 2.05) is 0 Å². The lowest BCUT2D eigenvalue weighted by atomic mass is 10.1. The molecule has 0 aliphatic heterocycles. The molecule has 7 heteroatoms. The molecule has 0 saturated heterocycles. The Balaban J connectivity index is 2.58. The van der Waals surface area contributed by atoms with E-state index in [0.717, 1.165) is 4.68 Å². The van der Waals surface area contributed by atoms with Crippen LogP contribution in [0.5, 0.6) is 0 Å². The van der Waals surface area contributed by atoms with Crippen molar-refractivity contribution in [1.29, 1.82) is 0 Å². The standard InChI is InChI=1S/C12H10ClN3O3/c1-7-5-8(2)15(14-7)12(17)10-6-9(13)3-4-11(10)16(18)19/h3-6H,1-2H3. The van der Waals surface area contributed by atoms with Crippen LogP contribution in [-0.4, -0.2) is 20.6 Å². The fraction of sp³-hybridized carbons (Fsp3) is 0.167. The molecule has 0 bridgehead atoms. The molecule has 0 spiro atoms. The van der Waals surface area contributed by atoms with E-state index in [-0.39, 0.29) is 16.3 Å². The van der Waals surface area contributed by atoms with Crippen molar-refractivity contribution < 1.29 is 9.72 Å². The first kappa shape index (κ1) is 13.2. The van der Waals surface area contributed by atoms with E-state index in [2.05, 4.69) is 5.10 Å². The molecule has 0 aliphatic carbocycles. The second-order valence-corrected chi connectivity index (χ2v) is 4.50. The number of aryl methyl sites for hydroxylation is 2. The minimum Gasteiger partial charge on any atom is -0.266 e. The summed E-state index contributed by atoms with van der Waals surface area (Å²) in [7, 11) is 0. The minimum atomic E-state index is -0.616. The fourth-order valence-electron chi connectivity index (χ4n) is 1.79. The lowest BCUT2D eigenvalue weighted by Crippen LogP contribution is -2.16. The van der Waals surface area contributed by atoms with E-state index in [0.29, 0.717) is 11.4 Å². The Kier molecular flexibility index (Phi) is 3.35. The molecule has 98 valence electrons. The van der Waals surface area contributed by atoms with Crippen molar-refractivity contribution >= 4 is 23.2 Å². The van der Waals surface area contributed by atoms with Gasteiger partial charge < -0.3 is 0 Å². The van der Waals surface area contributed by atoms with Gasteiger partial charge in [-0.25, -0.2) is 4.68 Å². The average molecular weight is 280 g/mol. The number of nitro groups is 1. The highest BCUT2D eigenvalue weighted by Crippen LogP contribution is 2.24. The third-order valence-corrected chi connectivity index (χ3v) is 2.82. The number of benzene rings is 1. The van der Waals surface area contributed by atoms with Crippen LogP contribution in [0.15, 0.2) is 24.3 Å². The fourth-order valence-corrected chi connectivity index (χ4v) is 1.96. The molecular formula is C12H10ClN3O3. The van der Waals surface area contributed by atoms with Gasteiger partial charge in [-0.05, 0) is 32.0 Å². The Bertz CT molecular complexity index is 679. The Hall–Kier alpha value is -2.21. The molecule has 0 aliphatic rings. The summed E-state index contributed by atoms with van der Waals surface area (Å²) in [6.45, 7) is 3.44. The minimum absolute atomic E-state index is 0.0799. The summed E-state index contributed by atoms with van der Waals surface area (Å²) in [4.78, 5) is 22.6. The first-order chi connectivity index (χ1) is 8.90. The van der Waals surface area contributed by atoms with Crippen molar-refractivity contribution in [3.63, 3.8) is 0 Å². The second-order valence-electron chi connectivity index (χ2n) is 4.06. The van der Waals surface area contributed by atoms with Crippen molar-refractivity contribution in [2.45, 2.75) is 13.8 Å². The van der Waals surface area contributed by atoms with Gasteiger partial charge in [0.2, 0.25) is 0 Å². The SMILES string of the molecule is Cc1cc(C)n(C(=O)c2cc(Cl)ccc2[N+](=O)[O-])n1. The van der Waals surface area contributed by atoms with Gasteiger partial charge in [0.15, 0.2) is 0 Å².